The minimum atomic E-state index is -4.35. The molecule has 1 N–H and O–H groups in total. The molecule has 1 unspecified atom stereocenters. The highest BCUT2D eigenvalue weighted by molar-refractivity contribution is 6.01. The van der Waals surface area contributed by atoms with Crippen molar-refractivity contribution >= 4 is 17.5 Å². The topological polar surface area (TPSA) is 67.9 Å². The first-order valence-electron chi connectivity index (χ1n) is 10.3. The van der Waals surface area contributed by atoms with Crippen LogP contribution in [0.2, 0.25) is 0 Å². The van der Waals surface area contributed by atoms with E-state index < -0.39 is 18.7 Å². The van der Waals surface area contributed by atoms with Gasteiger partial charge in [-0.3, -0.25) is 9.59 Å². The summed E-state index contributed by atoms with van der Waals surface area (Å²) in [4.78, 5) is 26.7. The molecule has 0 aliphatic carbocycles. The highest BCUT2D eigenvalue weighted by Gasteiger charge is 2.36. The molecular formula is C23H25F3N2O4. The van der Waals surface area contributed by atoms with E-state index in [0.29, 0.717) is 23.6 Å². The number of hydrogen-bond acceptors (Lipinski definition) is 4. The van der Waals surface area contributed by atoms with E-state index in [9.17, 15) is 22.8 Å². The molecule has 1 fully saturated rings. The molecule has 6 nitrogen and oxygen atoms in total. The molecule has 32 heavy (non-hydrogen) atoms. The Labute approximate surface area is 184 Å². The van der Waals surface area contributed by atoms with Crippen molar-refractivity contribution in [1.82, 2.24) is 5.32 Å². The third kappa shape index (κ3) is 6.46. The molecular weight excluding hydrogens is 425 g/mol. The maximum atomic E-state index is 12.6. The van der Waals surface area contributed by atoms with Crippen LogP contribution in [0.25, 0.3) is 0 Å². The van der Waals surface area contributed by atoms with Gasteiger partial charge >= 0.3 is 6.18 Å². The molecule has 2 aromatic carbocycles. The van der Waals surface area contributed by atoms with E-state index in [0.717, 1.165) is 5.56 Å². The molecule has 0 radical (unpaired) electrons. The second-order valence-electron chi connectivity index (χ2n) is 7.45. The molecule has 0 spiro atoms. The fraction of sp³-hybridized carbons (Fsp3) is 0.391. The molecule has 9 heteroatoms. The number of carbonyl (C=O) groups is 2. The van der Waals surface area contributed by atoms with Crippen molar-refractivity contribution in [3.05, 3.63) is 59.7 Å². The van der Waals surface area contributed by atoms with Gasteiger partial charge in [0.05, 0.1) is 24.8 Å². The van der Waals surface area contributed by atoms with Gasteiger partial charge in [-0.15, -0.1) is 0 Å². The monoisotopic (exact) mass is 450 g/mol. The summed E-state index contributed by atoms with van der Waals surface area (Å²) in [7, 11) is 0. The summed E-state index contributed by atoms with van der Waals surface area (Å²) in [6, 6.07) is 14.0. The number of alkyl halides is 3. The van der Waals surface area contributed by atoms with Gasteiger partial charge < -0.3 is 19.7 Å². The maximum absolute atomic E-state index is 12.6. The smallest absolute Gasteiger partial charge is 0.411 e. The van der Waals surface area contributed by atoms with Gasteiger partial charge in [0.1, 0.15) is 12.4 Å². The van der Waals surface area contributed by atoms with E-state index in [-0.39, 0.29) is 37.9 Å². The van der Waals surface area contributed by atoms with Crippen LogP contribution in [0.5, 0.6) is 5.75 Å². The van der Waals surface area contributed by atoms with Crippen LogP contribution in [0, 0.1) is 5.92 Å². The molecule has 1 heterocycles. The first-order chi connectivity index (χ1) is 15.3. The Morgan fingerprint density at radius 2 is 1.81 bits per heavy atom. The van der Waals surface area contributed by atoms with Crippen LogP contribution in [0.15, 0.2) is 48.5 Å². The predicted molar refractivity (Wildman–Crippen MR) is 112 cm³/mol. The first kappa shape index (κ1) is 23.6. The van der Waals surface area contributed by atoms with Crippen molar-refractivity contribution in [1.29, 1.82) is 0 Å². The fourth-order valence-corrected chi connectivity index (χ4v) is 3.45. The van der Waals surface area contributed by atoms with E-state index in [1.807, 2.05) is 19.1 Å². The summed E-state index contributed by atoms with van der Waals surface area (Å²) in [5.74, 6) is -0.247. The number of benzene rings is 2. The molecule has 2 amide bonds. The van der Waals surface area contributed by atoms with Gasteiger partial charge in [0.25, 0.3) is 0 Å². The molecule has 0 bridgehead atoms. The van der Waals surface area contributed by atoms with Crippen LogP contribution < -0.4 is 15.0 Å². The van der Waals surface area contributed by atoms with Crippen molar-refractivity contribution in [2.24, 2.45) is 5.92 Å². The standard InChI is InChI=1S/C23H25F3N2O4/c1-2-32-20-6-4-3-5-19(20)28-13-18(11-21(28)29)22(30)27-12-16-7-9-17(10-8-16)14-31-15-23(24,25)26/h3-10,18H,2,11-15H2,1H3,(H,27,30). The van der Waals surface area contributed by atoms with Crippen molar-refractivity contribution in [3.8, 4) is 5.75 Å². The fourth-order valence-electron chi connectivity index (χ4n) is 3.45. The number of hydrogen-bond donors (Lipinski definition) is 1. The number of para-hydroxylation sites is 2. The van der Waals surface area contributed by atoms with E-state index >= 15 is 0 Å². The van der Waals surface area contributed by atoms with Gasteiger partial charge in [-0.25, -0.2) is 0 Å². The summed E-state index contributed by atoms with van der Waals surface area (Å²) in [5, 5.41) is 2.83. The molecule has 1 atom stereocenters. The van der Waals surface area contributed by atoms with Crippen molar-refractivity contribution in [2.75, 3.05) is 24.7 Å². The average Bonchev–Trinajstić information content (AvgIpc) is 3.14. The third-order valence-electron chi connectivity index (χ3n) is 4.98. The Bertz CT molecular complexity index is 932. The number of anilines is 1. The Kier molecular flexibility index (Phi) is 7.74. The summed E-state index contributed by atoms with van der Waals surface area (Å²) < 4.78 is 46.6. The number of ether oxygens (including phenoxy) is 2. The zero-order chi connectivity index (χ0) is 23.1. The zero-order valence-electron chi connectivity index (χ0n) is 17.7. The summed E-state index contributed by atoms with van der Waals surface area (Å²) in [5.41, 5.74) is 2.05. The Morgan fingerprint density at radius 1 is 1.12 bits per heavy atom. The highest BCUT2D eigenvalue weighted by Crippen LogP contribution is 2.33. The Balaban J connectivity index is 1.51. The summed E-state index contributed by atoms with van der Waals surface area (Å²) in [6.07, 6.45) is -4.24. The van der Waals surface area contributed by atoms with Gasteiger partial charge in [-0.2, -0.15) is 13.2 Å². The SMILES string of the molecule is CCOc1ccccc1N1CC(C(=O)NCc2ccc(COCC(F)(F)F)cc2)CC1=O. The number of rotatable bonds is 9. The molecule has 0 saturated carbocycles. The Morgan fingerprint density at radius 3 is 2.50 bits per heavy atom. The second-order valence-corrected chi connectivity index (χ2v) is 7.45. The molecule has 2 aromatic rings. The zero-order valence-corrected chi connectivity index (χ0v) is 17.7. The number of carbonyl (C=O) groups excluding carboxylic acids is 2. The van der Waals surface area contributed by atoms with Crippen LogP contribution in [0.4, 0.5) is 18.9 Å². The van der Waals surface area contributed by atoms with E-state index in [2.05, 4.69) is 10.1 Å². The van der Waals surface area contributed by atoms with Crippen LogP contribution >= 0.6 is 0 Å². The maximum Gasteiger partial charge on any atom is 0.411 e. The van der Waals surface area contributed by atoms with Gasteiger partial charge in [0.2, 0.25) is 11.8 Å². The van der Waals surface area contributed by atoms with Gasteiger partial charge in [-0.1, -0.05) is 36.4 Å². The number of nitrogens with zero attached hydrogens (tertiary/aromatic N) is 1. The molecule has 0 aromatic heterocycles. The van der Waals surface area contributed by atoms with Gasteiger partial charge in [-0.05, 0) is 30.2 Å². The van der Waals surface area contributed by atoms with Crippen LogP contribution in [0.1, 0.15) is 24.5 Å². The highest BCUT2D eigenvalue weighted by atomic mass is 19.4. The van der Waals surface area contributed by atoms with Crippen LogP contribution in [-0.4, -0.2) is 37.7 Å². The molecule has 172 valence electrons. The summed E-state index contributed by atoms with van der Waals surface area (Å²) in [6.45, 7) is 1.41. The van der Waals surface area contributed by atoms with E-state index in [4.69, 9.17) is 4.74 Å². The van der Waals surface area contributed by atoms with Crippen molar-refractivity contribution < 1.29 is 32.2 Å². The van der Waals surface area contributed by atoms with E-state index in [1.165, 1.54) is 0 Å². The minimum Gasteiger partial charge on any atom is -0.492 e. The molecule has 1 aliphatic rings. The lowest BCUT2D eigenvalue weighted by molar-refractivity contribution is -0.176. The van der Waals surface area contributed by atoms with Crippen LogP contribution in [-0.2, 0) is 27.5 Å². The number of nitrogens with one attached hydrogen (secondary N) is 1. The first-order valence-corrected chi connectivity index (χ1v) is 10.3. The average molecular weight is 450 g/mol. The summed E-state index contributed by atoms with van der Waals surface area (Å²) >= 11 is 0. The Hall–Kier alpha value is -3.07. The van der Waals surface area contributed by atoms with E-state index in [1.54, 1.807) is 41.3 Å². The predicted octanol–water partition coefficient (Wildman–Crippen LogP) is 3.83. The van der Waals surface area contributed by atoms with Gasteiger partial charge in [0.15, 0.2) is 0 Å². The van der Waals surface area contributed by atoms with Gasteiger partial charge in [0, 0.05) is 19.5 Å². The quantitative estimate of drug-likeness (QED) is 0.631. The second kappa shape index (κ2) is 10.5. The molecule has 1 aliphatic heterocycles. The third-order valence-corrected chi connectivity index (χ3v) is 4.98. The van der Waals surface area contributed by atoms with Crippen LogP contribution in [0.3, 0.4) is 0 Å². The largest absolute Gasteiger partial charge is 0.492 e. The lowest BCUT2D eigenvalue weighted by Crippen LogP contribution is -2.32. The lowest BCUT2D eigenvalue weighted by atomic mass is 10.1. The molecule has 3 rings (SSSR count). The minimum absolute atomic E-state index is 0.113. The lowest BCUT2D eigenvalue weighted by Gasteiger charge is -2.20. The van der Waals surface area contributed by atoms with Crippen molar-refractivity contribution in [3.63, 3.8) is 0 Å². The molecule has 1 saturated heterocycles. The number of amides is 2. The van der Waals surface area contributed by atoms with Crippen molar-refractivity contribution in [2.45, 2.75) is 32.7 Å². The normalized spacial score (nSPS) is 16.3. The number of halogens is 3.